The molecule has 2 unspecified atom stereocenters. The number of hydrogen-bond acceptors (Lipinski definition) is 5. The van der Waals surface area contributed by atoms with Crippen LogP contribution in [0.25, 0.3) is 0 Å². The number of carbonyl (C=O) groups excluding carboxylic acids is 3. The predicted molar refractivity (Wildman–Crippen MR) is 106 cm³/mol. The molecule has 7 nitrogen and oxygen atoms in total. The summed E-state index contributed by atoms with van der Waals surface area (Å²) in [4.78, 5) is 39.7. The number of amides is 3. The van der Waals surface area contributed by atoms with Crippen LogP contribution in [-0.4, -0.2) is 41.3 Å². The first-order valence-electron chi connectivity index (χ1n) is 9.28. The summed E-state index contributed by atoms with van der Waals surface area (Å²) in [6, 6.07) is 8.42. The number of benzene rings is 1. The van der Waals surface area contributed by atoms with Crippen molar-refractivity contribution >= 4 is 29.1 Å². The van der Waals surface area contributed by atoms with Gasteiger partial charge in [0.2, 0.25) is 5.91 Å². The van der Waals surface area contributed by atoms with Gasteiger partial charge in [-0.05, 0) is 55.5 Å². The predicted octanol–water partition coefficient (Wildman–Crippen LogP) is 2.04. The normalized spacial score (nSPS) is 16.9. The number of nitrogens with zero attached hydrogens (tertiary/aromatic N) is 1. The maximum atomic E-state index is 12.9. The lowest BCUT2D eigenvalue weighted by atomic mass is 10.2. The van der Waals surface area contributed by atoms with Crippen molar-refractivity contribution in [1.82, 2.24) is 15.8 Å². The van der Waals surface area contributed by atoms with Crippen molar-refractivity contribution < 1.29 is 23.5 Å². The molecule has 2 heterocycles. The molecule has 154 valence electrons. The van der Waals surface area contributed by atoms with Crippen molar-refractivity contribution in [1.29, 1.82) is 0 Å². The van der Waals surface area contributed by atoms with Gasteiger partial charge < -0.3 is 9.64 Å². The Morgan fingerprint density at radius 2 is 2.00 bits per heavy atom. The molecular formula is C20H22FN3O4S. The van der Waals surface area contributed by atoms with Gasteiger partial charge in [-0.1, -0.05) is 6.07 Å². The first-order chi connectivity index (χ1) is 13.9. The summed E-state index contributed by atoms with van der Waals surface area (Å²) in [5, 5.41) is 1.90. The van der Waals surface area contributed by atoms with E-state index in [2.05, 4.69) is 10.9 Å². The Hall–Kier alpha value is -2.94. The number of halogens is 1. The van der Waals surface area contributed by atoms with Crippen LogP contribution in [-0.2, 0) is 20.8 Å². The monoisotopic (exact) mass is 419 g/mol. The van der Waals surface area contributed by atoms with E-state index in [-0.39, 0.29) is 12.3 Å². The summed E-state index contributed by atoms with van der Waals surface area (Å²) in [5.41, 5.74) is 4.70. The third kappa shape index (κ3) is 5.54. The zero-order chi connectivity index (χ0) is 20.8. The zero-order valence-corrected chi connectivity index (χ0v) is 16.7. The van der Waals surface area contributed by atoms with Crippen LogP contribution in [0.4, 0.5) is 4.39 Å². The number of nitrogens with one attached hydrogen (secondary N) is 2. The van der Waals surface area contributed by atoms with Gasteiger partial charge in [0, 0.05) is 11.4 Å². The average Bonchev–Trinajstić information content (AvgIpc) is 3.39. The Bertz CT molecular complexity index is 857. The third-order valence-electron chi connectivity index (χ3n) is 4.59. The average molecular weight is 419 g/mol. The summed E-state index contributed by atoms with van der Waals surface area (Å²) in [6.07, 6.45) is 0.628. The van der Waals surface area contributed by atoms with Gasteiger partial charge in [-0.15, -0.1) is 11.3 Å². The molecule has 3 rings (SSSR count). The highest BCUT2D eigenvalue weighted by molar-refractivity contribution is 7.10. The molecule has 1 aliphatic rings. The Morgan fingerprint density at radius 1 is 1.24 bits per heavy atom. The Balaban J connectivity index is 1.49. The maximum Gasteiger partial charge on any atom is 0.279 e. The van der Waals surface area contributed by atoms with Gasteiger partial charge in [-0.2, -0.15) is 0 Å². The van der Waals surface area contributed by atoms with Crippen LogP contribution >= 0.6 is 11.3 Å². The molecule has 29 heavy (non-hydrogen) atoms. The fourth-order valence-electron chi connectivity index (χ4n) is 3.08. The second-order valence-corrected chi connectivity index (χ2v) is 7.73. The summed E-state index contributed by atoms with van der Waals surface area (Å²) in [7, 11) is 0. The quantitative estimate of drug-likeness (QED) is 0.702. The van der Waals surface area contributed by atoms with Crippen molar-refractivity contribution in [3.63, 3.8) is 0 Å². The molecular weight excluding hydrogens is 397 g/mol. The van der Waals surface area contributed by atoms with E-state index in [0.29, 0.717) is 18.7 Å². The summed E-state index contributed by atoms with van der Waals surface area (Å²) in [5.74, 6) is -1.18. The van der Waals surface area contributed by atoms with Gasteiger partial charge in [0.25, 0.3) is 11.8 Å². The fourth-order valence-corrected chi connectivity index (χ4v) is 3.78. The number of ether oxygens (including phenoxy) is 1. The maximum absolute atomic E-state index is 12.9. The first kappa shape index (κ1) is 20.8. The van der Waals surface area contributed by atoms with E-state index < -0.39 is 29.8 Å². The molecule has 0 spiro atoms. The number of carbonyl (C=O) groups is 3. The highest BCUT2D eigenvalue weighted by Crippen LogP contribution is 2.20. The second kappa shape index (κ2) is 9.51. The van der Waals surface area contributed by atoms with Crippen LogP contribution in [0, 0.1) is 5.82 Å². The third-order valence-corrected chi connectivity index (χ3v) is 5.46. The van der Waals surface area contributed by atoms with E-state index in [1.165, 1.54) is 42.5 Å². The lowest BCUT2D eigenvalue weighted by Crippen LogP contribution is -2.53. The molecule has 1 saturated heterocycles. The van der Waals surface area contributed by atoms with Gasteiger partial charge in [0.05, 0.1) is 6.42 Å². The van der Waals surface area contributed by atoms with E-state index in [9.17, 15) is 18.8 Å². The van der Waals surface area contributed by atoms with Crippen molar-refractivity contribution in [3.05, 3.63) is 52.5 Å². The second-order valence-electron chi connectivity index (χ2n) is 6.69. The van der Waals surface area contributed by atoms with E-state index in [4.69, 9.17) is 4.74 Å². The smallest absolute Gasteiger partial charge is 0.279 e. The first-order valence-corrected chi connectivity index (χ1v) is 10.2. The molecule has 1 aromatic heterocycles. The van der Waals surface area contributed by atoms with Crippen LogP contribution in [0.3, 0.4) is 0 Å². The molecule has 0 radical (unpaired) electrons. The lowest BCUT2D eigenvalue weighted by Gasteiger charge is -2.24. The van der Waals surface area contributed by atoms with Crippen molar-refractivity contribution in [2.24, 2.45) is 0 Å². The Kier molecular flexibility index (Phi) is 6.82. The molecule has 2 atom stereocenters. The molecule has 1 fully saturated rings. The van der Waals surface area contributed by atoms with E-state index in [1.54, 1.807) is 4.90 Å². The minimum atomic E-state index is -0.902. The van der Waals surface area contributed by atoms with Gasteiger partial charge in [0.15, 0.2) is 6.10 Å². The molecule has 3 amide bonds. The van der Waals surface area contributed by atoms with Crippen LogP contribution in [0.2, 0.25) is 0 Å². The Morgan fingerprint density at radius 3 is 2.69 bits per heavy atom. The van der Waals surface area contributed by atoms with Gasteiger partial charge in [-0.3, -0.25) is 25.2 Å². The molecule has 0 aliphatic carbocycles. The molecule has 0 bridgehead atoms. The lowest BCUT2D eigenvalue weighted by molar-refractivity contribution is -0.139. The molecule has 1 aliphatic heterocycles. The highest BCUT2D eigenvalue weighted by Gasteiger charge is 2.34. The summed E-state index contributed by atoms with van der Waals surface area (Å²) < 4.78 is 18.3. The number of hydrogen-bond donors (Lipinski definition) is 2. The summed E-state index contributed by atoms with van der Waals surface area (Å²) >= 11 is 1.50. The Labute approximate surface area is 171 Å². The minimum absolute atomic E-state index is 0.107. The minimum Gasteiger partial charge on any atom is -0.481 e. The largest absolute Gasteiger partial charge is 0.481 e. The van der Waals surface area contributed by atoms with Crippen molar-refractivity contribution in [3.8, 4) is 5.75 Å². The number of thiophene rings is 1. The molecule has 2 N–H and O–H groups in total. The van der Waals surface area contributed by atoms with E-state index in [0.717, 1.165) is 11.3 Å². The SMILES string of the molecule is CC(Oc1ccc(F)cc1)C(=O)NNC(=O)C1CCCN1C(=O)Cc1cccs1. The fraction of sp³-hybridized carbons (Fsp3) is 0.350. The van der Waals surface area contributed by atoms with Gasteiger partial charge in [-0.25, -0.2) is 4.39 Å². The topological polar surface area (TPSA) is 87.7 Å². The van der Waals surface area contributed by atoms with Crippen LogP contribution in [0.1, 0.15) is 24.6 Å². The molecule has 0 saturated carbocycles. The van der Waals surface area contributed by atoms with Gasteiger partial charge >= 0.3 is 0 Å². The van der Waals surface area contributed by atoms with Crippen LogP contribution in [0.5, 0.6) is 5.75 Å². The van der Waals surface area contributed by atoms with Crippen molar-refractivity contribution in [2.45, 2.75) is 38.3 Å². The molecule has 1 aromatic carbocycles. The van der Waals surface area contributed by atoms with Crippen LogP contribution in [0.15, 0.2) is 41.8 Å². The number of rotatable bonds is 6. The number of likely N-dealkylation sites (tertiary alicyclic amines) is 1. The zero-order valence-electron chi connectivity index (χ0n) is 15.9. The molecule has 2 aromatic rings. The van der Waals surface area contributed by atoms with E-state index >= 15 is 0 Å². The van der Waals surface area contributed by atoms with Crippen LogP contribution < -0.4 is 15.6 Å². The number of hydrazine groups is 1. The van der Waals surface area contributed by atoms with E-state index in [1.807, 2.05) is 17.5 Å². The highest BCUT2D eigenvalue weighted by atomic mass is 32.1. The summed E-state index contributed by atoms with van der Waals surface area (Å²) in [6.45, 7) is 2.03. The van der Waals surface area contributed by atoms with Crippen molar-refractivity contribution in [2.75, 3.05) is 6.54 Å². The standard InChI is InChI=1S/C20H22FN3O4S/c1-13(28-15-8-6-14(21)7-9-15)19(26)22-23-20(27)17-5-2-10-24(17)18(25)12-16-4-3-11-29-16/h3-4,6-9,11,13,17H,2,5,10,12H2,1H3,(H,22,26)(H,23,27). The van der Waals surface area contributed by atoms with Gasteiger partial charge in [0.1, 0.15) is 17.6 Å². The molecule has 9 heteroatoms.